The molecular weight excluding hydrogens is 388 g/mol. The van der Waals surface area contributed by atoms with E-state index < -0.39 is 6.09 Å². The number of methoxy groups -OCH3 is 1. The molecule has 2 aromatic heterocycles. The van der Waals surface area contributed by atoms with Crippen LogP contribution in [0.1, 0.15) is 26.6 Å². The fraction of sp³-hybridized carbons (Fsp3) is 0.273. The number of hydrogen-bond donors (Lipinski definition) is 1. The summed E-state index contributed by atoms with van der Waals surface area (Å²) in [6, 6.07) is 12.9. The molecule has 0 fully saturated rings. The Morgan fingerprint density at radius 1 is 1.14 bits per heavy atom. The molecule has 0 unspecified atom stereocenters. The number of benzene rings is 1. The van der Waals surface area contributed by atoms with E-state index >= 15 is 0 Å². The number of nitrogens with zero attached hydrogens (tertiary/aromatic N) is 1. The van der Waals surface area contributed by atoms with Crippen molar-refractivity contribution in [2.45, 2.75) is 26.8 Å². The molecule has 0 spiro atoms. The summed E-state index contributed by atoms with van der Waals surface area (Å²) in [7, 11) is 1.30. The standard InChI is InChI=1S/C22H24N2O4S/c1-15-13-20(16(2)24(15)11-10-19-5-4-12-29-19)21(25)14-28-18-8-6-17(7-9-18)23-22(26)27-3/h4-9,12-13H,10-11,14H2,1-3H3,(H,23,26). The van der Waals surface area contributed by atoms with Crippen molar-refractivity contribution in [3.8, 4) is 5.75 Å². The van der Waals surface area contributed by atoms with Gasteiger partial charge >= 0.3 is 6.09 Å². The quantitative estimate of drug-likeness (QED) is 0.537. The predicted octanol–water partition coefficient (Wildman–Crippen LogP) is 4.85. The third-order valence-electron chi connectivity index (χ3n) is 4.69. The summed E-state index contributed by atoms with van der Waals surface area (Å²) in [5.41, 5.74) is 3.31. The third-order valence-corrected chi connectivity index (χ3v) is 5.63. The van der Waals surface area contributed by atoms with E-state index in [2.05, 4.69) is 32.1 Å². The van der Waals surface area contributed by atoms with Gasteiger partial charge in [0.1, 0.15) is 5.75 Å². The second kappa shape index (κ2) is 9.43. The van der Waals surface area contributed by atoms with Crippen LogP contribution in [0, 0.1) is 13.8 Å². The Hall–Kier alpha value is -3.06. The van der Waals surface area contributed by atoms with Gasteiger partial charge in [0, 0.05) is 34.1 Å². The van der Waals surface area contributed by atoms with Crippen molar-refractivity contribution in [1.29, 1.82) is 0 Å². The minimum absolute atomic E-state index is 0.0427. The number of nitrogens with one attached hydrogen (secondary N) is 1. The molecule has 1 N–H and O–H groups in total. The Labute approximate surface area is 174 Å². The molecule has 6 nitrogen and oxygen atoms in total. The Balaban J connectivity index is 1.59. The molecule has 1 amide bonds. The van der Waals surface area contributed by atoms with Crippen molar-refractivity contribution in [3.05, 3.63) is 69.7 Å². The number of aromatic nitrogens is 1. The van der Waals surface area contributed by atoms with E-state index in [1.54, 1.807) is 35.6 Å². The van der Waals surface area contributed by atoms with Crippen LogP contribution in [0.4, 0.5) is 10.5 Å². The van der Waals surface area contributed by atoms with Gasteiger partial charge in [0.05, 0.1) is 7.11 Å². The number of ether oxygens (including phenoxy) is 2. The molecule has 0 aliphatic heterocycles. The molecule has 0 saturated heterocycles. The van der Waals surface area contributed by atoms with Gasteiger partial charge in [-0.25, -0.2) is 4.79 Å². The number of ketones is 1. The highest BCUT2D eigenvalue weighted by atomic mass is 32.1. The lowest BCUT2D eigenvalue weighted by molar-refractivity contribution is 0.0920. The fourth-order valence-corrected chi connectivity index (χ4v) is 3.83. The third kappa shape index (κ3) is 5.26. The highest BCUT2D eigenvalue weighted by Crippen LogP contribution is 2.20. The molecule has 0 saturated carbocycles. The van der Waals surface area contributed by atoms with Gasteiger partial charge in [-0.2, -0.15) is 0 Å². The van der Waals surface area contributed by atoms with Crippen LogP contribution in [0.15, 0.2) is 47.8 Å². The number of rotatable bonds is 8. The predicted molar refractivity (Wildman–Crippen MR) is 114 cm³/mol. The molecule has 3 rings (SSSR count). The largest absolute Gasteiger partial charge is 0.485 e. The number of carbonyl (C=O) groups excluding carboxylic acids is 2. The molecule has 0 aliphatic rings. The molecule has 1 aromatic carbocycles. The van der Waals surface area contributed by atoms with Crippen molar-refractivity contribution < 1.29 is 19.1 Å². The second-order valence-electron chi connectivity index (χ2n) is 6.62. The van der Waals surface area contributed by atoms with Gasteiger partial charge in [-0.3, -0.25) is 10.1 Å². The van der Waals surface area contributed by atoms with Gasteiger partial charge in [-0.15, -0.1) is 11.3 Å². The van der Waals surface area contributed by atoms with Crippen LogP contribution < -0.4 is 10.1 Å². The van der Waals surface area contributed by atoms with Crippen LogP contribution in [-0.4, -0.2) is 30.2 Å². The van der Waals surface area contributed by atoms with Gasteiger partial charge < -0.3 is 14.0 Å². The zero-order chi connectivity index (χ0) is 20.8. The lowest BCUT2D eigenvalue weighted by Gasteiger charge is -2.10. The van der Waals surface area contributed by atoms with Gasteiger partial charge in [0.25, 0.3) is 0 Å². The van der Waals surface area contributed by atoms with Gasteiger partial charge in [-0.05, 0) is 62.0 Å². The number of aryl methyl sites for hydroxylation is 2. The number of Topliss-reactive ketones (excluding diaryl/α,β-unsaturated/α-hetero) is 1. The number of thiophene rings is 1. The lowest BCUT2D eigenvalue weighted by Crippen LogP contribution is -2.13. The Morgan fingerprint density at radius 2 is 1.90 bits per heavy atom. The highest BCUT2D eigenvalue weighted by Gasteiger charge is 2.16. The summed E-state index contributed by atoms with van der Waals surface area (Å²) in [6.07, 6.45) is 0.410. The first-order chi connectivity index (χ1) is 14.0. The summed E-state index contributed by atoms with van der Waals surface area (Å²) in [5.74, 6) is 0.498. The van der Waals surface area contributed by atoms with E-state index in [-0.39, 0.29) is 12.4 Å². The van der Waals surface area contributed by atoms with Gasteiger partial charge in [0.15, 0.2) is 6.61 Å². The van der Waals surface area contributed by atoms with Crippen LogP contribution in [-0.2, 0) is 17.7 Å². The van der Waals surface area contributed by atoms with Crippen molar-refractivity contribution in [1.82, 2.24) is 4.57 Å². The number of anilines is 1. The first kappa shape index (κ1) is 20.7. The molecular formula is C22H24N2O4S. The number of amides is 1. The van der Waals surface area contributed by atoms with Gasteiger partial charge in [0.2, 0.25) is 5.78 Å². The first-order valence-electron chi connectivity index (χ1n) is 9.28. The molecule has 7 heteroatoms. The second-order valence-corrected chi connectivity index (χ2v) is 7.65. The van der Waals surface area contributed by atoms with Gasteiger partial charge in [-0.1, -0.05) is 6.07 Å². The van der Waals surface area contributed by atoms with Crippen LogP contribution >= 0.6 is 11.3 Å². The van der Waals surface area contributed by atoms with E-state index in [0.717, 1.165) is 24.4 Å². The summed E-state index contributed by atoms with van der Waals surface area (Å²) < 4.78 is 12.4. The van der Waals surface area contributed by atoms with Crippen molar-refractivity contribution >= 4 is 28.9 Å². The average molecular weight is 413 g/mol. The normalized spacial score (nSPS) is 10.6. The molecule has 29 heavy (non-hydrogen) atoms. The Morgan fingerprint density at radius 3 is 2.55 bits per heavy atom. The molecule has 0 bridgehead atoms. The van der Waals surface area contributed by atoms with E-state index in [4.69, 9.17) is 4.74 Å². The zero-order valence-electron chi connectivity index (χ0n) is 16.7. The molecule has 0 atom stereocenters. The summed E-state index contributed by atoms with van der Waals surface area (Å²) in [6.45, 7) is 4.80. The van der Waals surface area contributed by atoms with E-state index in [9.17, 15) is 9.59 Å². The molecule has 2 heterocycles. The topological polar surface area (TPSA) is 69.6 Å². The summed E-state index contributed by atoms with van der Waals surface area (Å²) in [4.78, 5) is 25.2. The highest BCUT2D eigenvalue weighted by molar-refractivity contribution is 7.09. The zero-order valence-corrected chi connectivity index (χ0v) is 17.5. The number of hydrogen-bond acceptors (Lipinski definition) is 5. The molecule has 3 aromatic rings. The van der Waals surface area contributed by atoms with Crippen LogP contribution in [0.2, 0.25) is 0 Å². The van der Waals surface area contributed by atoms with Crippen molar-refractivity contribution in [3.63, 3.8) is 0 Å². The SMILES string of the molecule is COC(=O)Nc1ccc(OCC(=O)c2cc(C)n(CCc3cccs3)c2C)cc1. The monoisotopic (exact) mass is 412 g/mol. The summed E-state index contributed by atoms with van der Waals surface area (Å²) >= 11 is 1.75. The van der Waals surface area contributed by atoms with Crippen molar-refractivity contribution in [2.75, 3.05) is 19.0 Å². The summed E-state index contributed by atoms with van der Waals surface area (Å²) in [5, 5.41) is 4.64. The van der Waals surface area contributed by atoms with Crippen LogP contribution in [0.25, 0.3) is 0 Å². The maximum atomic E-state index is 12.7. The minimum Gasteiger partial charge on any atom is -0.485 e. The maximum absolute atomic E-state index is 12.7. The van der Waals surface area contributed by atoms with Crippen LogP contribution in [0.5, 0.6) is 5.75 Å². The Bertz CT molecular complexity index is 975. The Kier molecular flexibility index (Phi) is 6.72. The van der Waals surface area contributed by atoms with E-state index in [0.29, 0.717) is 17.0 Å². The maximum Gasteiger partial charge on any atom is 0.411 e. The molecule has 0 radical (unpaired) electrons. The lowest BCUT2D eigenvalue weighted by atomic mass is 10.1. The van der Waals surface area contributed by atoms with Crippen molar-refractivity contribution in [2.24, 2.45) is 0 Å². The minimum atomic E-state index is -0.539. The molecule has 152 valence electrons. The fourth-order valence-electron chi connectivity index (χ4n) is 3.13. The van der Waals surface area contributed by atoms with Crippen LogP contribution in [0.3, 0.4) is 0 Å². The first-order valence-corrected chi connectivity index (χ1v) is 10.2. The smallest absolute Gasteiger partial charge is 0.411 e. The molecule has 0 aliphatic carbocycles. The average Bonchev–Trinajstić information content (AvgIpc) is 3.33. The van der Waals surface area contributed by atoms with E-state index in [1.165, 1.54) is 12.0 Å². The number of carbonyl (C=O) groups is 2. The van der Waals surface area contributed by atoms with E-state index in [1.807, 2.05) is 19.9 Å².